The molecular weight excluding hydrogens is 410 g/mol. The molecule has 4 rings (SSSR count). The number of aromatic nitrogens is 1. The molecule has 2 aromatic carbocycles. The van der Waals surface area contributed by atoms with Gasteiger partial charge in [-0.2, -0.15) is 0 Å². The summed E-state index contributed by atoms with van der Waals surface area (Å²) in [6, 6.07) is 18.6. The smallest absolute Gasteiger partial charge is 0.360 e. The zero-order valence-electron chi connectivity index (χ0n) is 16.9. The lowest BCUT2D eigenvalue weighted by Gasteiger charge is -2.21. The van der Waals surface area contributed by atoms with Crippen LogP contribution in [0, 0.1) is 17.8 Å². The van der Waals surface area contributed by atoms with E-state index >= 15 is 0 Å². The van der Waals surface area contributed by atoms with Gasteiger partial charge in [-0.1, -0.05) is 48.5 Å². The maximum Gasteiger partial charge on any atom is 0.360 e. The lowest BCUT2D eigenvalue weighted by Crippen LogP contribution is -2.41. The van der Waals surface area contributed by atoms with Gasteiger partial charge < -0.3 is 19.2 Å². The molecule has 0 atom stereocenters. The van der Waals surface area contributed by atoms with Gasteiger partial charge in [0, 0.05) is 35.7 Å². The van der Waals surface area contributed by atoms with E-state index in [0.717, 1.165) is 16.5 Å². The molecular formula is C25H19NO6. The van der Waals surface area contributed by atoms with Crippen molar-refractivity contribution in [1.82, 2.24) is 4.57 Å². The number of carbonyl (C=O) groups is 2. The lowest BCUT2D eigenvalue weighted by atomic mass is 9.80. The Morgan fingerprint density at radius 1 is 1.00 bits per heavy atom. The van der Waals surface area contributed by atoms with Crippen LogP contribution in [0.15, 0.2) is 69.9 Å². The third-order valence-corrected chi connectivity index (χ3v) is 5.61. The summed E-state index contributed by atoms with van der Waals surface area (Å²) >= 11 is 0. The first kappa shape index (κ1) is 20.9. The number of nitrogens with zero attached hydrogens (tertiary/aromatic N) is 1. The predicted molar refractivity (Wildman–Crippen MR) is 118 cm³/mol. The van der Waals surface area contributed by atoms with Crippen LogP contribution in [-0.2, 0) is 22.6 Å². The van der Waals surface area contributed by atoms with Gasteiger partial charge in [-0.25, -0.2) is 4.79 Å². The lowest BCUT2D eigenvalue weighted by molar-refractivity contribution is -0.164. The molecule has 0 bridgehead atoms. The highest BCUT2D eigenvalue weighted by atomic mass is 16.4. The van der Waals surface area contributed by atoms with Crippen molar-refractivity contribution in [3.63, 3.8) is 0 Å². The minimum Gasteiger partial charge on any atom is -0.480 e. The molecule has 4 aromatic rings. The van der Waals surface area contributed by atoms with Crippen LogP contribution in [0.5, 0.6) is 0 Å². The summed E-state index contributed by atoms with van der Waals surface area (Å²) in [6.45, 7) is 0.431. The number of benzene rings is 2. The third-order valence-electron chi connectivity index (χ3n) is 5.61. The van der Waals surface area contributed by atoms with Crippen molar-refractivity contribution in [3.05, 3.63) is 82.4 Å². The molecule has 160 valence electrons. The third kappa shape index (κ3) is 3.42. The van der Waals surface area contributed by atoms with Crippen LogP contribution in [0.2, 0.25) is 0 Å². The molecule has 32 heavy (non-hydrogen) atoms. The van der Waals surface area contributed by atoms with Crippen molar-refractivity contribution >= 4 is 33.7 Å². The van der Waals surface area contributed by atoms with Crippen LogP contribution in [-0.4, -0.2) is 26.7 Å². The molecule has 2 aromatic heterocycles. The molecule has 0 aliphatic heterocycles. The van der Waals surface area contributed by atoms with Crippen LogP contribution in [0.4, 0.5) is 0 Å². The summed E-state index contributed by atoms with van der Waals surface area (Å²) < 4.78 is 7.27. The summed E-state index contributed by atoms with van der Waals surface area (Å²) in [5.74, 6) is -1.10. The Kier molecular flexibility index (Phi) is 5.29. The summed E-state index contributed by atoms with van der Waals surface area (Å²) in [5.41, 5.74) is -0.839. The average molecular weight is 429 g/mol. The molecule has 2 N–H and O–H groups in total. The Morgan fingerprint density at radius 2 is 1.66 bits per heavy atom. The van der Waals surface area contributed by atoms with E-state index in [-0.39, 0.29) is 5.76 Å². The van der Waals surface area contributed by atoms with E-state index in [0.29, 0.717) is 17.4 Å². The molecule has 0 aliphatic rings. The Morgan fingerprint density at radius 3 is 2.31 bits per heavy atom. The summed E-state index contributed by atoms with van der Waals surface area (Å²) in [7, 11) is 0. The van der Waals surface area contributed by atoms with Crippen molar-refractivity contribution in [2.24, 2.45) is 5.41 Å². The summed E-state index contributed by atoms with van der Waals surface area (Å²) in [4.78, 5) is 36.7. The molecule has 0 radical (unpaired) electrons. The van der Waals surface area contributed by atoms with Crippen LogP contribution in [0.25, 0.3) is 21.8 Å². The number of aliphatic carboxylic acids is 2. The zero-order valence-corrected chi connectivity index (χ0v) is 16.9. The maximum absolute atomic E-state index is 13.0. The van der Waals surface area contributed by atoms with Gasteiger partial charge in [0.15, 0.2) is 5.41 Å². The Labute approximate surface area is 182 Å². The minimum absolute atomic E-state index is 0.0508. The number of hydrogen-bond acceptors (Lipinski definition) is 4. The summed E-state index contributed by atoms with van der Waals surface area (Å²) in [5, 5.41) is 20.6. The number of rotatable bonds is 7. The highest BCUT2D eigenvalue weighted by Crippen LogP contribution is 2.32. The zero-order chi connectivity index (χ0) is 22.9. The molecule has 0 amide bonds. The van der Waals surface area contributed by atoms with E-state index in [1.54, 1.807) is 0 Å². The van der Waals surface area contributed by atoms with Crippen molar-refractivity contribution in [2.75, 3.05) is 0 Å². The van der Waals surface area contributed by atoms with Gasteiger partial charge in [-0.05, 0) is 17.7 Å². The number of fused-ring (bicyclic) bond motifs is 3. The predicted octanol–water partition coefficient (Wildman–Crippen LogP) is 3.52. The topological polar surface area (TPSA) is 110 Å². The van der Waals surface area contributed by atoms with Gasteiger partial charge in [0.25, 0.3) is 0 Å². The number of para-hydroxylation sites is 1. The van der Waals surface area contributed by atoms with Crippen molar-refractivity contribution in [2.45, 2.75) is 19.4 Å². The standard InChI is InChI=1S/C25H19NO6/c1-2-12-25(23(28)29,24(30)31)14-17-13-19-18-10-6-7-11-20(18)26(21(19)22(27)32-17)15-16-8-4-3-5-9-16/h1,3-11,13H,12,14-15H2,(H,28,29)(H,30,31). The van der Waals surface area contributed by atoms with Crippen molar-refractivity contribution in [3.8, 4) is 12.3 Å². The minimum atomic E-state index is -2.29. The average Bonchev–Trinajstić information content (AvgIpc) is 3.08. The number of terminal acetylenes is 1. The molecule has 0 saturated carbocycles. The highest BCUT2D eigenvalue weighted by Gasteiger charge is 2.47. The largest absolute Gasteiger partial charge is 0.480 e. The van der Waals surface area contributed by atoms with E-state index in [1.807, 2.05) is 59.2 Å². The van der Waals surface area contributed by atoms with E-state index in [2.05, 4.69) is 5.92 Å². The van der Waals surface area contributed by atoms with Crippen molar-refractivity contribution < 1.29 is 24.2 Å². The Bertz CT molecular complexity index is 1420. The second-order valence-electron chi connectivity index (χ2n) is 7.60. The van der Waals surface area contributed by atoms with Gasteiger partial charge in [0.05, 0.1) is 0 Å². The quantitative estimate of drug-likeness (QED) is 0.344. The number of hydrogen-bond donors (Lipinski definition) is 2. The SMILES string of the molecule is C#CCC(Cc1cc2c3ccccc3n(Cc3ccccc3)c2c(=O)o1)(C(=O)O)C(=O)O. The highest BCUT2D eigenvalue weighted by molar-refractivity contribution is 6.08. The van der Waals surface area contributed by atoms with Crippen LogP contribution in [0.1, 0.15) is 17.7 Å². The Balaban J connectivity index is 1.92. The molecule has 2 heterocycles. The molecule has 0 unspecified atom stereocenters. The molecule has 0 aliphatic carbocycles. The van der Waals surface area contributed by atoms with Crippen molar-refractivity contribution in [1.29, 1.82) is 0 Å². The Hall–Kier alpha value is -4.31. The molecule has 0 saturated heterocycles. The second kappa shape index (κ2) is 8.08. The first-order valence-electron chi connectivity index (χ1n) is 9.85. The number of carboxylic acid groups (broad SMARTS) is 2. The van der Waals surface area contributed by atoms with E-state index in [4.69, 9.17) is 10.8 Å². The van der Waals surface area contributed by atoms with E-state index in [9.17, 15) is 24.6 Å². The summed E-state index contributed by atoms with van der Waals surface area (Å²) in [6.07, 6.45) is 4.15. The van der Waals surface area contributed by atoms with Gasteiger partial charge >= 0.3 is 17.6 Å². The van der Waals surface area contributed by atoms with Gasteiger partial charge in [-0.15, -0.1) is 12.3 Å². The molecule has 7 heteroatoms. The first-order valence-corrected chi connectivity index (χ1v) is 9.85. The van der Waals surface area contributed by atoms with E-state index < -0.39 is 35.8 Å². The van der Waals surface area contributed by atoms with Crippen LogP contribution >= 0.6 is 0 Å². The van der Waals surface area contributed by atoms with Gasteiger partial charge in [0.1, 0.15) is 11.3 Å². The van der Waals surface area contributed by atoms with Crippen LogP contribution in [0.3, 0.4) is 0 Å². The molecule has 0 spiro atoms. The normalized spacial score (nSPS) is 11.5. The fourth-order valence-electron chi connectivity index (χ4n) is 4.00. The van der Waals surface area contributed by atoms with Gasteiger partial charge in [0.2, 0.25) is 0 Å². The fourth-order valence-corrected chi connectivity index (χ4v) is 4.00. The van der Waals surface area contributed by atoms with E-state index in [1.165, 1.54) is 6.07 Å². The van der Waals surface area contributed by atoms with Gasteiger partial charge in [-0.3, -0.25) is 9.59 Å². The number of carboxylic acids is 2. The molecule has 7 nitrogen and oxygen atoms in total. The maximum atomic E-state index is 13.0. The first-order chi connectivity index (χ1) is 15.4. The monoisotopic (exact) mass is 429 g/mol. The fraction of sp³-hybridized carbons (Fsp3) is 0.160. The van der Waals surface area contributed by atoms with Crippen LogP contribution < -0.4 is 5.63 Å². The second-order valence-corrected chi connectivity index (χ2v) is 7.60. The molecule has 0 fully saturated rings.